The van der Waals surface area contributed by atoms with Gasteiger partial charge in [0.25, 0.3) is 5.91 Å². The van der Waals surface area contributed by atoms with E-state index in [1.165, 1.54) is 0 Å². The predicted octanol–water partition coefficient (Wildman–Crippen LogP) is 2.01. The van der Waals surface area contributed by atoms with E-state index in [1.807, 2.05) is 13.8 Å². The van der Waals surface area contributed by atoms with Crippen LogP contribution in [0.3, 0.4) is 0 Å². The molecule has 1 aliphatic rings. The zero-order valence-electron chi connectivity index (χ0n) is 14.1. The number of nitrogens with one attached hydrogen (secondary N) is 1. The van der Waals surface area contributed by atoms with Crippen LogP contribution in [0.1, 0.15) is 29.9 Å². The Morgan fingerprint density at radius 2 is 2.04 bits per heavy atom. The maximum atomic E-state index is 12.0. The van der Waals surface area contributed by atoms with E-state index in [9.17, 15) is 4.79 Å². The van der Waals surface area contributed by atoms with Crippen molar-refractivity contribution in [3.8, 4) is 5.88 Å². The molecule has 8 heteroatoms. The molecule has 24 heavy (non-hydrogen) atoms. The lowest BCUT2D eigenvalue weighted by Crippen LogP contribution is -2.23. The summed E-state index contributed by atoms with van der Waals surface area (Å²) in [6.07, 6.45) is 2.29. The molecule has 0 saturated carbocycles. The zero-order valence-corrected chi connectivity index (χ0v) is 14.1. The van der Waals surface area contributed by atoms with Gasteiger partial charge in [0.05, 0.1) is 0 Å². The summed E-state index contributed by atoms with van der Waals surface area (Å²) >= 11 is 0. The summed E-state index contributed by atoms with van der Waals surface area (Å²) in [5.74, 6) is 1.79. The molecule has 1 amide bonds. The molecule has 1 N–H and O–H groups in total. The standard InChI is InChI=1S/C16H21N5O3/c1-10-8-13(20-24-10)18-14(22)9-23-15-11(2)12(3)17-16(19-15)21-6-4-5-7-21/h8H,4-7,9H2,1-3H3,(H,18,20,22). The molecule has 0 aliphatic carbocycles. The van der Waals surface area contributed by atoms with Gasteiger partial charge in [-0.3, -0.25) is 4.79 Å². The van der Waals surface area contributed by atoms with E-state index < -0.39 is 0 Å². The van der Waals surface area contributed by atoms with Gasteiger partial charge in [-0.25, -0.2) is 4.98 Å². The normalized spacial score (nSPS) is 14.0. The molecule has 0 aromatic carbocycles. The minimum Gasteiger partial charge on any atom is -0.467 e. The van der Waals surface area contributed by atoms with Gasteiger partial charge in [0.15, 0.2) is 12.4 Å². The molecule has 3 rings (SSSR count). The monoisotopic (exact) mass is 331 g/mol. The van der Waals surface area contributed by atoms with Crippen LogP contribution >= 0.6 is 0 Å². The summed E-state index contributed by atoms with van der Waals surface area (Å²) in [5, 5.41) is 6.33. The van der Waals surface area contributed by atoms with E-state index in [2.05, 4.69) is 25.3 Å². The van der Waals surface area contributed by atoms with Crippen LogP contribution in [0.25, 0.3) is 0 Å². The highest BCUT2D eigenvalue weighted by molar-refractivity contribution is 5.90. The van der Waals surface area contributed by atoms with E-state index in [4.69, 9.17) is 9.26 Å². The first-order valence-corrected chi connectivity index (χ1v) is 7.99. The van der Waals surface area contributed by atoms with Crippen molar-refractivity contribution in [1.82, 2.24) is 15.1 Å². The average molecular weight is 331 g/mol. The van der Waals surface area contributed by atoms with Crippen molar-refractivity contribution in [3.05, 3.63) is 23.1 Å². The molecular weight excluding hydrogens is 310 g/mol. The maximum Gasteiger partial charge on any atom is 0.263 e. The number of hydrogen-bond acceptors (Lipinski definition) is 7. The first-order valence-electron chi connectivity index (χ1n) is 7.99. The lowest BCUT2D eigenvalue weighted by Gasteiger charge is -2.18. The molecular formula is C16H21N5O3. The largest absolute Gasteiger partial charge is 0.467 e. The number of amides is 1. The van der Waals surface area contributed by atoms with Gasteiger partial charge in [0, 0.05) is 30.4 Å². The molecule has 0 atom stereocenters. The number of aryl methyl sites for hydroxylation is 2. The molecule has 2 aromatic rings. The van der Waals surface area contributed by atoms with Crippen LogP contribution in [0.4, 0.5) is 11.8 Å². The molecule has 1 aliphatic heterocycles. The van der Waals surface area contributed by atoms with Crippen molar-refractivity contribution < 1.29 is 14.1 Å². The van der Waals surface area contributed by atoms with E-state index in [1.54, 1.807) is 13.0 Å². The molecule has 128 valence electrons. The lowest BCUT2D eigenvalue weighted by atomic mass is 10.2. The smallest absolute Gasteiger partial charge is 0.263 e. The Morgan fingerprint density at radius 3 is 2.71 bits per heavy atom. The fraction of sp³-hybridized carbons (Fsp3) is 0.500. The molecule has 3 heterocycles. The first-order chi connectivity index (χ1) is 11.5. The number of carbonyl (C=O) groups is 1. The number of aromatic nitrogens is 3. The molecule has 0 unspecified atom stereocenters. The van der Waals surface area contributed by atoms with Gasteiger partial charge in [-0.2, -0.15) is 4.98 Å². The van der Waals surface area contributed by atoms with Crippen LogP contribution in [0.15, 0.2) is 10.6 Å². The highest BCUT2D eigenvalue weighted by atomic mass is 16.5. The van der Waals surface area contributed by atoms with E-state index in [-0.39, 0.29) is 12.5 Å². The third kappa shape index (κ3) is 3.64. The number of ether oxygens (including phenoxy) is 1. The van der Waals surface area contributed by atoms with Gasteiger partial charge >= 0.3 is 0 Å². The van der Waals surface area contributed by atoms with Gasteiger partial charge in [-0.1, -0.05) is 5.16 Å². The molecule has 1 saturated heterocycles. The van der Waals surface area contributed by atoms with Crippen molar-refractivity contribution in [3.63, 3.8) is 0 Å². The van der Waals surface area contributed by atoms with Crippen LogP contribution in [0.5, 0.6) is 5.88 Å². The summed E-state index contributed by atoms with van der Waals surface area (Å²) in [5.41, 5.74) is 1.69. The second-order valence-corrected chi connectivity index (χ2v) is 5.89. The maximum absolute atomic E-state index is 12.0. The minimum atomic E-state index is -0.318. The second-order valence-electron chi connectivity index (χ2n) is 5.89. The fourth-order valence-corrected chi connectivity index (χ4v) is 2.53. The van der Waals surface area contributed by atoms with Crippen molar-refractivity contribution in [1.29, 1.82) is 0 Å². The first kappa shape index (κ1) is 16.2. The van der Waals surface area contributed by atoms with Crippen LogP contribution in [-0.4, -0.2) is 40.7 Å². The van der Waals surface area contributed by atoms with Crippen molar-refractivity contribution >= 4 is 17.7 Å². The van der Waals surface area contributed by atoms with E-state index >= 15 is 0 Å². The topological polar surface area (TPSA) is 93.4 Å². The van der Waals surface area contributed by atoms with Crippen LogP contribution < -0.4 is 15.0 Å². The predicted molar refractivity (Wildman–Crippen MR) is 88.3 cm³/mol. The van der Waals surface area contributed by atoms with E-state index in [0.717, 1.165) is 37.2 Å². The van der Waals surface area contributed by atoms with Gasteiger partial charge in [0.2, 0.25) is 11.8 Å². The summed E-state index contributed by atoms with van der Waals surface area (Å²) in [6.45, 7) is 7.32. The Morgan fingerprint density at radius 1 is 1.29 bits per heavy atom. The summed E-state index contributed by atoms with van der Waals surface area (Å²) in [7, 11) is 0. The number of hydrogen-bond donors (Lipinski definition) is 1. The number of rotatable bonds is 5. The van der Waals surface area contributed by atoms with Crippen molar-refractivity contribution in [2.45, 2.75) is 33.6 Å². The third-order valence-corrected chi connectivity index (χ3v) is 3.96. The molecule has 0 bridgehead atoms. The molecule has 0 radical (unpaired) electrons. The van der Waals surface area contributed by atoms with Crippen LogP contribution in [-0.2, 0) is 4.79 Å². The van der Waals surface area contributed by atoms with Gasteiger partial charge in [0.1, 0.15) is 5.76 Å². The molecule has 1 fully saturated rings. The third-order valence-electron chi connectivity index (χ3n) is 3.96. The number of nitrogens with zero attached hydrogens (tertiary/aromatic N) is 4. The van der Waals surface area contributed by atoms with Crippen molar-refractivity contribution in [2.24, 2.45) is 0 Å². The lowest BCUT2D eigenvalue weighted by molar-refractivity contribution is -0.118. The molecule has 8 nitrogen and oxygen atoms in total. The van der Waals surface area contributed by atoms with E-state index in [0.29, 0.717) is 23.4 Å². The Bertz CT molecular complexity index is 737. The minimum absolute atomic E-state index is 0.150. The summed E-state index contributed by atoms with van der Waals surface area (Å²) in [4.78, 5) is 23.1. The van der Waals surface area contributed by atoms with Crippen molar-refractivity contribution in [2.75, 3.05) is 29.9 Å². The van der Waals surface area contributed by atoms with Crippen LogP contribution in [0, 0.1) is 20.8 Å². The zero-order chi connectivity index (χ0) is 17.1. The van der Waals surface area contributed by atoms with Crippen LogP contribution in [0.2, 0.25) is 0 Å². The summed E-state index contributed by atoms with van der Waals surface area (Å²) < 4.78 is 10.5. The molecule has 2 aromatic heterocycles. The quantitative estimate of drug-likeness (QED) is 0.895. The number of carbonyl (C=O) groups excluding carboxylic acids is 1. The Balaban J connectivity index is 1.66. The molecule has 0 spiro atoms. The highest BCUT2D eigenvalue weighted by Gasteiger charge is 2.18. The van der Waals surface area contributed by atoms with Gasteiger partial charge in [-0.05, 0) is 33.6 Å². The summed E-state index contributed by atoms with van der Waals surface area (Å²) in [6, 6.07) is 1.64. The average Bonchev–Trinajstić information content (AvgIpc) is 3.20. The van der Waals surface area contributed by atoms with Gasteiger partial charge in [-0.15, -0.1) is 0 Å². The Kier molecular flexibility index (Phi) is 4.64. The highest BCUT2D eigenvalue weighted by Crippen LogP contribution is 2.23. The Labute approximate surface area is 140 Å². The SMILES string of the molecule is Cc1cc(NC(=O)COc2nc(N3CCCC3)nc(C)c2C)no1. The number of anilines is 2. The second kappa shape index (κ2) is 6.86. The van der Waals surface area contributed by atoms with Gasteiger partial charge < -0.3 is 19.5 Å². The Hall–Kier alpha value is -2.64. The fourth-order valence-electron chi connectivity index (χ4n) is 2.53.